The predicted molar refractivity (Wildman–Crippen MR) is 123 cm³/mol. The molecule has 0 spiro atoms. The summed E-state index contributed by atoms with van der Waals surface area (Å²) in [6.07, 6.45) is 11.7. The molecule has 5 rings (SSSR count). The molecule has 3 N–H and O–H groups in total. The molecular weight excluding hydrogens is 442 g/mol. The lowest BCUT2D eigenvalue weighted by Gasteiger charge is -2.29. The molecule has 3 aromatic rings. The maximum absolute atomic E-state index is 11.7. The highest BCUT2D eigenvalue weighted by atomic mass is 32.2. The number of aromatic nitrogens is 6. The minimum absolute atomic E-state index is 0.300. The van der Waals surface area contributed by atoms with Crippen molar-refractivity contribution in [3.63, 3.8) is 0 Å². The maximum atomic E-state index is 11.7. The summed E-state index contributed by atoms with van der Waals surface area (Å²) in [5.74, 6) is 0.768. The van der Waals surface area contributed by atoms with E-state index in [-0.39, 0.29) is 11.1 Å². The van der Waals surface area contributed by atoms with Gasteiger partial charge in [0.1, 0.15) is 6.33 Å². The van der Waals surface area contributed by atoms with Gasteiger partial charge in [-0.15, -0.1) is 0 Å². The highest BCUT2D eigenvalue weighted by molar-refractivity contribution is 8.18. The zero-order valence-corrected chi connectivity index (χ0v) is 18.6. The smallest absolute Gasteiger partial charge is 0.290 e. The highest BCUT2D eigenvalue weighted by Gasteiger charge is 2.25. The van der Waals surface area contributed by atoms with Crippen LogP contribution >= 0.6 is 11.8 Å². The molecule has 1 aliphatic carbocycles. The molecular formula is C21H23N9O2S. The third kappa shape index (κ3) is 5.34. The van der Waals surface area contributed by atoms with Crippen molar-refractivity contribution in [2.24, 2.45) is 0 Å². The van der Waals surface area contributed by atoms with Gasteiger partial charge >= 0.3 is 0 Å². The normalized spacial score (nSPS) is 22.1. The number of carbonyl (C=O) groups excluding carboxylic acids is 2. The molecule has 0 bridgehead atoms. The van der Waals surface area contributed by atoms with Crippen molar-refractivity contribution in [1.29, 1.82) is 0 Å². The van der Waals surface area contributed by atoms with Gasteiger partial charge in [0, 0.05) is 43.1 Å². The van der Waals surface area contributed by atoms with Crippen LogP contribution in [0.3, 0.4) is 0 Å². The Morgan fingerprint density at radius 2 is 1.97 bits per heavy atom. The maximum Gasteiger partial charge on any atom is 0.290 e. The molecule has 3 aromatic heterocycles. The number of anilines is 1. The van der Waals surface area contributed by atoms with Gasteiger partial charge in [0.05, 0.1) is 10.6 Å². The van der Waals surface area contributed by atoms with E-state index in [0.717, 1.165) is 56.1 Å². The molecule has 11 nitrogen and oxygen atoms in total. The Morgan fingerprint density at radius 1 is 1.12 bits per heavy atom. The fraction of sp³-hybridized carbons (Fsp3) is 0.381. The van der Waals surface area contributed by atoms with Crippen molar-refractivity contribution >= 4 is 40.7 Å². The van der Waals surface area contributed by atoms with E-state index in [1.165, 1.54) is 6.33 Å². The molecule has 0 aromatic carbocycles. The zero-order valence-electron chi connectivity index (χ0n) is 17.8. The molecule has 33 heavy (non-hydrogen) atoms. The first-order valence-corrected chi connectivity index (χ1v) is 11.7. The molecule has 1 saturated carbocycles. The summed E-state index contributed by atoms with van der Waals surface area (Å²) in [6.45, 7) is 0.869. The first kappa shape index (κ1) is 21.5. The van der Waals surface area contributed by atoms with Gasteiger partial charge in [-0.05, 0) is 55.7 Å². The Kier molecular flexibility index (Phi) is 6.26. The first-order valence-electron chi connectivity index (χ1n) is 10.9. The lowest BCUT2D eigenvalue weighted by atomic mass is 9.91. The minimum atomic E-state index is -0.390. The van der Waals surface area contributed by atoms with Crippen LogP contribution in [0.1, 0.15) is 37.1 Å². The van der Waals surface area contributed by atoms with E-state index in [0.29, 0.717) is 34.4 Å². The lowest BCUT2D eigenvalue weighted by Crippen LogP contribution is -2.38. The van der Waals surface area contributed by atoms with Crippen molar-refractivity contribution in [3.05, 3.63) is 47.1 Å². The number of nitrogens with zero attached hydrogens (tertiary/aromatic N) is 6. The second-order valence-electron chi connectivity index (χ2n) is 7.98. The topological polar surface area (TPSA) is 139 Å². The van der Waals surface area contributed by atoms with E-state index in [1.807, 2.05) is 12.3 Å². The van der Waals surface area contributed by atoms with Crippen LogP contribution in [-0.2, 0) is 11.2 Å². The van der Waals surface area contributed by atoms with Crippen LogP contribution in [0, 0.1) is 0 Å². The van der Waals surface area contributed by atoms with E-state index in [2.05, 4.69) is 41.0 Å². The third-order valence-corrected chi connectivity index (χ3v) is 6.49. The lowest BCUT2D eigenvalue weighted by molar-refractivity contribution is -0.115. The number of fused-ring (bicyclic) bond motifs is 1. The van der Waals surface area contributed by atoms with Gasteiger partial charge in [-0.1, -0.05) is 0 Å². The number of rotatable bonds is 7. The number of amides is 2. The van der Waals surface area contributed by atoms with Gasteiger partial charge in [-0.25, -0.2) is 19.5 Å². The molecule has 2 amide bonds. The zero-order chi connectivity index (χ0) is 22.6. The summed E-state index contributed by atoms with van der Waals surface area (Å²) in [5, 5.41) is 13.0. The molecule has 1 aliphatic heterocycles. The van der Waals surface area contributed by atoms with E-state index in [9.17, 15) is 9.59 Å². The summed E-state index contributed by atoms with van der Waals surface area (Å²) < 4.78 is 1.66. The van der Waals surface area contributed by atoms with Crippen LogP contribution in [0.2, 0.25) is 0 Å². The molecule has 12 heteroatoms. The van der Waals surface area contributed by atoms with E-state index in [4.69, 9.17) is 0 Å². The quantitative estimate of drug-likeness (QED) is 0.443. The molecule has 0 atom stereocenters. The van der Waals surface area contributed by atoms with Crippen LogP contribution < -0.4 is 16.0 Å². The fourth-order valence-corrected chi connectivity index (χ4v) is 4.66. The largest absolute Gasteiger partial charge is 0.351 e. The van der Waals surface area contributed by atoms with Gasteiger partial charge in [-0.3, -0.25) is 14.9 Å². The van der Waals surface area contributed by atoms with Crippen LogP contribution in [-0.4, -0.2) is 59.3 Å². The SMILES string of the molecule is O=C1NC(=O)/C(=C/c2ccnc(N[C@H]3CC[C@H](NCCc4ccn5ncnc5n4)CC3)n2)S1. The Labute approximate surface area is 193 Å². The monoisotopic (exact) mass is 465 g/mol. The van der Waals surface area contributed by atoms with Crippen molar-refractivity contribution in [3.8, 4) is 0 Å². The Morgan fingerprint density at radius 3 is 2.79 bits per heavy atom. The van der Waals surface area contributed by atoms with Crippen LogP contribution in [0.15, 0.2) is 35.8 Å². The number of hydrogen-bond acceptors (Lipinski definition) is 10. The van der Waals surface area contributed by atoms with Gasteiger partial charge in [0.15, 0.2) is 0 Å². The van der Waals surface area contributed by atoms with Crippen LogP contribution in [0.5, 0.6) is 0 Å². The van der Waals surface area contributed by atoms with Crippen molar-refractivity contribution < 1.29 is 9.59 Å². The summed E-state index contributed by atoms with van der Waals surface area (Å²) in [4.78, 5) is 40.8. The van der Waals surface area contributed by atoms with E-state index < -0.39 is 0 Å². The Hall–Kier alpha value is -3.38. The molecule has 2 fully saturated rings. The second-order valence-corrected chi connectivity index (χ2v) is 8.99. The van der Waals surface area contributed by atoms with Crippen LogP contribution in [0.4, 0.5) is 10.7 Å². The van der Waals surface area contributed by atoms with Gasteiger partial charge in [-0.2, -0.15) is 10.1 Å². The van der Waals surface area contributed by atoms with E-state index in [1.54, 1.807) is 22.9 Å². The molecule has 170 valence electrons. The Bertz CT molecular complexity index is 1200. The van der Waals surface area contributed by atoms with E-state index >= 15 is 0 Å². The number of carbonyl (C=O) groups is 2. The Balaban J connectivity index is 1.08. The summed E-state index contributed by atoms with van der Waals surface area (Å²) in [6, 6.07) is 4.47. The molecule has 4 heterocycles. The fourth-order valence-electron chi connectivity index (χ4n) is 4.00. The van der Waals surface area contributed by atoms with Crippen molar-refractivity contribution in [1.82, 2.24) is 40.2 Å². The third-order valence-electron chi connectivity index (χ3n) is 5.68. The molecule has 2 aliphatic rings. The summed E-state index contributed by atoms with van der Waals surface area (Å²) in [7, 11) is 0. The molecule has 0 radical (unpaired) electrons. The van der Waals surface area contributed by atoms with Gasteiger partial charge in [0.2, 0.25) is 5.95 Å². The predicted octanol–water partition coefficient (Wildman–Crippen LogP) is 1.79. The minimum Gasteiger partial charge on any atom is -0.351 e. The first-order chi connectivity index (χ1) is 16.1. The highest BCUT2D eigenvalue weighted by Crippen LogP contribution is 2.25. The summed E-state index contributed by atoms with van der Waals surface area (Å²) >= 11 is 0.879. The number of hydrogen-bond donors (Lipinski definition) is 3. The number of thioether (sulfide) groups is 1. The number of imide groups is 1. The standard InChI is InChI=1S/C21H23N9O2S/c31-18-17(33-21(32)29-18)11-16-6-9-23-19(27-16)26-14-3-1-13(2-4-14)22-8-5-15-7-10-30-20(28-15)24-12-25-30/h6-7,9-14,22H,1-5,8H2,(H,23,26,27)(H,29,31,32)/b17-11-/t13-,14-. The molecule has 1 saturated heterocycles. The average molecular weight is 466 g/mol. The van der Waals surface area contributed by atoms with Crippen molar-refractivity contribution in [2.45, 2.75) is 44.2 Å². The number of nitrogens with one attached hydrogen (secondary N) is 3. The van der Waals surface area contributed by atoms with Gasteiger partial charge in [0.25, 0.3) is 16.9 Å². The molecule has 0 unspecified atom stereocenters. The second kappa shape index (κ2) is 9.63. The average Bonchev–Trinajstić information content (AvgIpc) is 3.40. The van der Waals surface area contributed by atoms with Gasteiger partial charge < -0.3 is 10.6 Å². The summed E-state index contributed by atoms with van der Waals surface area (Å²) in [5.41, 5.74) is 1.59. The van der Waals surface area contributed by atoms with Crippen molar-refractivity contribution in [2.75, 3.05) is 11.9 Å². The van der Waals surface area contributed by atoms with Crippen LogP contribution in [0.25, 0.3) is 11.9 Å².